The molecular weight excluding hydrogens is 251 g/mol. The zero-order valence-electron chi connectivity index (χ0n) is 9.70. The van der Waals surface area contributed by atoms with Gasteiger partial charge in [0.1, 0.15) is 5.82 Å². The van der Waals surface area contributed by atoms with Gasteiger partial charge in [0, 0.05) is 17.0 Å². The molecule has 0 saturated heterocycles. The number of para-hydroxylation sites is 1. The monoisotopic (exact) mass is 259 g/mol. The summed E-state index contributed by atoms with van der Waals surface area (Å²) < 4.78 is 39.8. The van der Waals surface area contributed by atoms with E-state index in [1.54, 1.807) is 24.3 Å². The quantitative estimate of drug-likeness (QED) is 0.593. The molecule has 0 bridgehead atoms. The molecule has 1 nitrogen and oxygen atoms in total. The predicted octanol–water partition coefficient (Wildman–Crippen LogP) is 4.32. The molecule has 0 saturated carbocycles. The smallest absolute Gasteiger partial charge is 0.161 e. The Bertz CT molecular complexity index is 768. The minimum absolute atomic E-state index is 0.0512. The Morgan fingerprint density at radius 1 is 0.737 bits per heavy atom. The van der Waals surface area contributed by atoms with E-state index in [0.29, 0.717) is 11.6 Å². The Morgan fingerprint density at radius 2 is 1.47 bits per heavy atom. The van der Waals surface area contributed by atoms with Crippen molar-refractivity contribution in [2.45, 2.75) is 0 Å². The van der Waals surface area contributed by atoms with E-state index in [4.69, 9.17) is 0 Å². The fourth-order valence-corrected chi connectivity index (χ4v) is 1.93. The highest BCUT2D eigenvalue weighted by Gasteiger charge is 2.12. The Morgan fingerprint density at radius 3 is 2.32 bits per heavy atom. The first-order valence-corrected chi connectivity index (χ1v) is 5.66. The minimum Gasteiger partial charge on any atom is -0.248 e. The Labute approximate surface area is 107 Å². The molecule has 0 aliphatic heterocycles. The van der Waals surface area contributed by atoms with Crippen LogP contribution in [0.3, 0.4) is 0 Å². The van der Waals surface area contributed by atoms with Crippen molar-refractivity contribution in [3.63, 3.8) is 0 Å². The second kappa shape index (κ2) is 4.39. The van der Waals surface area contributed by atoms with Gasteiger partial charge in [-0.3, -0.25) is 0 Å². The minimum atomic E-state index is -1.21. The van der Waals surface area contributed by atoms with Gasteiger partial charge in [0.05, 0.1) is 11.2 Å². The fourth-order valence-electron chi connectivity index (χ4n) is 1.93. The van der Waals surface area contributed by atoms with Crippen LogP contribution in [0.1, 0.15) is 0 Å². The Balaban J connectivity index is 2.21. The van der Waals surface area contributed by atoms with Gasteiger partial charge in [-0.1, -0.05) is 24.3 Å². The van der Waals surface area contributed by atoms with Crippen molar-refractivity contribution in [3.05, 3.63) is 66.0 Å². The highest BCUT2D eigenvalue weighted by atomic mass is 19.2. The summed E-state index contributed by atoms with van der Waals surface area (Å²) in [5.74, 6) is -3.13. The largest absolute Gasteiger partial charge is 0.248 e. The van der Waals surface area contributed by atoms with E-state index in [1.807, 2.05) is 12.1 Å². The third kappa shape index (κ3) is 2.05. The summed E-state index contributed by atoms with van der Waals surface area (Å²) in [5.41, 5.74) is 0.892. The maximum Gasteiger partial charge on any atom is 0.161 e. The number of pyridine rings is 1. The molecule has 0 spiro atoms. The van der Waals surface area contributed by atoms with Gasteiger partial charge >= 0.3 is 0 Å². The van der Waals surface area contributed by atoms with Crippen LogP contribution in [-0.2, 0) is 0 Å². The molecule has 2 aromatic carbocycles. The highest BCUT2D eigenvalue weighted by molar-refractivity contribution is 5.81. The van der Waals surface area contributed by atoms with Gasteiger partial charge in [0.15, 0.2) is 11.6 Å². The summed E-state index contributed by atoms with van der Waals surface area (Å²) in [6.07, 6.45) is 0. The molecule has 0 radical (unpaired) electrons. The second-order valence-corrected chi connectivity index (χ2v) is 4.14. The molecule has 0 aliphatic rings. The topological polar surface area (TPSA) is 12.9 Å². The number of fused-ring (bicyclic) bond motifs is 1. The molecule has 0 amide bonds. The van der Waals surface area contributed by atoms with Crippen LogP contribution in [0.4, 0.5) is 13.2 Å². The first-order valence-electron chi connectivity index (χ1n) is 5.66. The summed E-state index contributed by atoms with van der Waals surface area (Å²) in [6.45, 7) is 0. The van der Waals surface area contributed by atoms with Crippen molar-refractivity contribution in [3.8, 4) is 11.3 Å². The highest BCUT2D eigenvalue weighted by Crippen LogP contribution is 2.25. The molecule has 1 heterocycles. The van der Waals surface area contributed by atoms with Crippen LogP contribution in [0, 0.1) is 17.5 Å². The van der Waals surface area contributed by atoms with Gasteiger partial charge < -0.3 is 0 Å². The number of aromatic nitrogens is 1. The lowest BCUT2D eigenvalue weighted by molar-refractivity contribution is 0.496. The molecule has 1 aromatic heterocycles. The molecule has 0 aliphatic carbocycles. The maximum atomic E-state index is 13.7. The normalized spacial score (nSPS) is 10.9. The van der Waals surface area contributed by atoms with Crippen LogP contribution in [0.15, 0.2) is 48.5 Å². The molecule has 19 heavy (non-hydrogen) atoms. The van der Waals surface area contributed by atoms with Crippen LogP contribution < -0.4 is 0 Å². The molecule has 3 aromatic rings. The molecule has 3 rings (SSSR count). The molecule has 94 valence electrons. The van der Waals surface area contributed by atoms with E-state index in [2.05, 4.69) is 4.98 Å². The Hall–Kier alpha value is -2.36. The summed E-state index contributed by atoms with van der Waals surface area (Å²) in [7, 11) is 0. The SMILES string of the molecule is Fc1cc(F)c(-c2ccc3ccccc3n2)cc1F. The van der Waals surface area contributed by atoms with Crippen molar-refractivity contribution in [2.75, 3.05) is 0 Å². The second-order valence-electron chi connectivity index (χ2n) is 4.14. The maximum absolute atomic E-state index is 13.7. The van der Waals surface area contributed by atoms with Crippen LogP contribution in [0.25, 0.3) is 22.2 Å². The predicted molar refractivity (Wildman–Crippen MR) is 67.1 cm³/mol. The first kappa shape index (κ1) is 11.7. The third-order valence-electron chi connectivity index (χ3n) is 2.88. The van der Waals surface area contributed by atoms with Gasteiger partial charge in [0.25, 0.3) is 0 Å². The standard InChI is InChI=1S/C15H8F3N/c16-11-8-13(18)12(17)7-10(11)15-6-5-9-3-1-2-4-14(9)19-15/h1-8H. The van der Waals surface area contributed by atoms with E-state index < -0.39 is 17.5 Å². The van der Waals surface area contributed by atoms with E-state index in [9.17, 15) is 13.2 Å². The zero-order chi connectivity index (χ0) is 13.4. The number of halogens is 3. The lowest BCUT2D eigenvalue weighted by atomic mass is 10.1. The van der Waals surface area contributed by atoms with E-state index >= 15 is 0 Å². The van der Waals surface area contributed by atoms with Gasteiger partial charge in [-0.2, -0.15) is 0 Å². The van der Waals surface area contributed by atoms with Crippen LogP contribution in [0.2, 0.25) is 0 Å². The molecule has 0 atom stereocenters. The lowest BCUT2D eigenvalue weighted by Gasteiger charge is -2.05. The van der Waals surface area contributed by atoms with Crippen LogP contribution >= 0.6 is 0 Å². The number of hydrogen-bond acceptors (Lipinski definition) is 1. The first-order chi connectivity index (χ1) is 9.15. The average Bonchev–Trinajstić information content (AvgIpc) is 2.42. The van der Waals surface area contributed by atoms with E-state index in [1.165, 1.54) is 0 Å². The molecule has 4 heteroatoms. The third-order valence-corrected chi connectivity index (χ3v) is 2.88. The average molecular weight is 259 g/mol. The van der Waals surface area contributed by atoms with E-state index in [-0.39, 0.29) is 11.3 Å². The summed E-state index contributed by atoms with van der Waals surface area (Å²) >= 11 is 0. The van der Waals surface area contributed by atoms with Crippen molar-refractivity contribution in [2.24, 2.45) is 0 Å². The molecule has 0 unspecified atom stereocenters. The summed E-state index contributed by atoms with van der Waals surface area (Å²) in [4.78, 5) is 4.25. The number of rotatable bonds is 1. The lowest BCUT2D eigenvalue weighted by Crippen LogP contribution is -1.93. The zero-order valence-corrected chi connectivity index (χ0v) is 9.70. The van der Waals surface area contributed by atoms with Crippen LogP contribution in [0.5, 0.6) is 0 Å². The molecule has 0 N–H and O–H groups in total. The van der Waals surface area contributed by atoms with Gasteiger partial charge in [-0.05, 0) is 18.2 Å². The number of hydrogen-bond donors (Lipinski definition) is 0. The van der Waals surface area contributed by atoms with E-state index in [0.717, 1.165) is 11.5 Å². The summed E-state index contributed by atoms with van der Waals surface area (Å²) in [5, 5.41) is 0.897. The number of benzene rings is 2. The van der Waals surface area contributed by atoms with Crippen molar-refractivity contribution >= 4 is 10.9 Å². The van der Waals surface area contributed by atoms with Crippen molar-refractivity contribution < 1.29 is 13.2 Å². The van der Waals surface area contributed by atoms with Crippen molar-refractivity contribution in [1.82, 2.24) is 4.98 Å². The van der Waals surface area contributed by atoms with Gasteiger partial charge in [-0.25, -0.2) is 18.2 Å². The Kier molecular flexibility index (Phi) is 2.71. The fraction of sp³-hybridized carbons (Fsp3) is 0. The van der Waals surface area contributed by atoms with Gasteiger partial charge in [0.2, 0.25) is 0 Å². The van der Waals surface area contributed by atoms with Crippen molar-refractivity contribution in [1.29, 1.82) is 0 Å². The molecule has 0 fully saturated rings. The van der Waals surface area contributed by atoms with Crippen LogP contribution in [-0.4, -0.2) is 4.98 Å². The summed E-state index contributed by atoms with van der Waals surface area (Å²) in [6, 6.07) is 12.0. The number of nitrogens with zero attached hydrogens (tertiary/aromatic N) is 1. The van der Waals surface area contributed by atoms with Gasteiger partial charge in [-0.15, -0.1) is 0 Å². The molecular formula is C15H8F3N.